The van der Waals surface area contributed by atoms with Gasteiger partial charge in [-0.25, -0.2) is 5.14 Å². The SMILES string of the molecule is CN(CCCCCO)S(N)(=O)=O. The lowest BCUT2D eigenvalue weighted by molar-refractivity contribution is 0.281. The molecule has 0 saturated heterocycles. The van der Waals surface area contributed by atoms with Gasteiger partial charge in [0.2, 0.25) is 0 Å². The molecule has 0 aliphatic heterocycles. The van der Waals surface area contributed by atoms with E-state index in [2.05, 4.69) is 0 Å². The Hall–Kier alpha value is -0.170. The minimum absolute atomic E-state index is 0.152. The Labute approximate surface area is 73.4 Å². The first-order valence-corrected chi connectivity index (χ1v) is 5.33. The summed E-state index contributed by atoms with van der Waals surface area (Å²) in [6.45, 7) is 0.567. The number of aliphatic hydroxyl groups excluding tert-OH is 1. The molecule has 0 bridgehead atoms. The number of hydrogen-bond acceptors (Lipinski definition) is 3. The molecule has 6 heteroatoms. The second-order valence-corrected chi connectivity index (χ2v) is 4.30. The molecule has 12 heavy (non-hydrogen) atoms. The van der Waals surface area contributed by atoms with Gasteiger partial charge in [-0.3, -0.25) is 0 Å². The standard InChI is InChI=1S/C6H16N2O3S/c1-8(12(7,10)11)5-3-2-4-6-9/h9H,2-6H2,1H3,(H2,7,10,11). The van der Waals surface area contributed by atoms with Crippen LogP contribution in [-0.4, -0.2) is 38.0 Å². The Morgan fingerprint density at radius 3 is 2.33 bits per heavy atom. The van der Waals surface area contributed by atoms with Gasteiger partial charge in [0.25, 0.3) is 10.2 Å². The summed E-state index contributed by atoms with van der Waals surface area (Å²) in [5.41, 5.74) is 0. The van der Waals surface area contributed by atoms with Gasteiger partial charge in [-0.2, -0.15) is 12.7 Å². The maximum Gasteiger partial charge on any atom is 0.276 e. The molecule has 0 spiro atoms. The van der Waals surface area contributed by atoms with E-state index in [1.807, 2.05) is 0 Å². The van der Waals surface area contributed by atoms with Gasteiger partial charge in [0.15, 0.2) is 0 Å². The second-order valence-electron chi connectivity index (χ2n) is 2.65. The fourth-order valence-electron chi connectivity index (χ4n) is 0.750. The largest absolute Gasteiger partial charge is 0.396 e. The molecule has 0 aromatic rings. The smallest absolute Gasteiger partial charge is 0.276 e. The zero-order chi connectivity index (χ0) is 9.61. The first-order chi connectivity index (χ1) is 5.48. The molecule has 0 amide bonds. The zero-order valence-corrected chi connectivity index (χ0v) is 8.05. The van der Waals surface area contributed by atoms with E-state index in [1.54, 1.807) is 0 Å². The van der Waals surface area contributed by atoms with Gasteiger partial charge in [-0.1, -0.05) is 0 Å². The van der Waals surface area contributed by atoms with E-state index in [4.69, 9.17) is 10.2 Å². The van der Waals surface area contributed by atoms with E-state index < -0.39 is 10.2 Å². The highest BCUT2D eigenvalue weighted by Crippen LogP contribution is 1.98. The predicted molar refractivity (Wildman–Crippen MR) is 46.7 cm³/mol. The fraction of sp³-hybridized carbons (Fsp3) is 1.00. The maximum atomic E-state index is 10.6. The third-order valence-electron chi connectivity index (χ3n) is 1.57. The molecular weight excluding hydrogens is 180 g/mol. The summed E-state index contributed by atoms with van der Waals surface area (Å²) < 4.78 is 22.4. The number of nitrogens with two attached hydrogens (primary N) is 1. The van der Waals surface area contributed by atoms with Gasteiger partial charge in [0.1, 0.15) is 0 Å². The number of unbranched alkanes of at least 4 members (excludes halogenated alkanes) is 2. The molecule has 74 valence electrons. The number of rotatable bonds is 6. The summed E-state index contributed by atoms with van der Waals surface area (Å²) in [7, 11) is -2.08. The highest BCUT2D eigenvalue weighted by Gasteiger charge is 2.09. The summed E-state index contributed by atoms with van der Waals surface area (Å²) in [5.74, 6) is 0. The summed E-state index contributed by atoms with van der Waals surface area (Å²) in [5, 5.41) is 13.3. The molecule has 3 N–H and O–H groups in total. The predicted octanol–water partition coefficient (Wildman–Crippen LogP) is -0.716. The average molecular weight is 196 g/mol. The lowest BCUT2D eigenvalue weighted by Crippen LogP contribution is -2.33. The van der Waals surface area contributed by atoms with Crippen LogP contribution >= 0.6 is 0 Å². The van der Waals surface area contributed by atoms with Gasteiger partial charge in [0.05, 0.1) is 0 Å². The van der Waals surface area contributed by atoms with Gasteiger partial charge >= 0.3 is 0 Å². The van der Waals surface area contributed by atoms with Crippen LogP contribution in [0.15, 0.2) is 0 Å². The summed E-state index contributed by atoms with van der Waals surface area (Å²) in [6.07, 6.45) is 2.25. The van der Waals surface area contributed by atoms with Crippen LogP contribution in [0.25, 0.3) is 0 Å². The summed E-state index contributed by atoms with van der Waals surface area (Å²) >= 11 is 0. The zero-order valence-electron chi connectivity index (χ0n) is 7.23. The molecule has 0 rings (SSSR count). The second kappa shape index (κ2) is 5.47. The van der Waals surface area contributed by atoms with Crippen molar-refractivity contribution in [1.29, 1.82) is 0 Å². The van der Waals surface area contributed by atoms with Crippen molar-refractivity contribution < 1.29 is 13.5 Å². The molecule has 0 fully saturated rings. The van der Waals surface area contributed by atoms with E-state index in [1.165, 1.54) is 7.05 Å². The quantitative estimate of drug-likeness (QED) is 0.550. The molecule has 0 aliphatic carbocycles. The van der Waals surface area contributed by atoms with Gasteiger partial charge < -0.3 is 5.11 Å². The molecule has 5 nitrogen and oxygen atoms in total. The molecular formula is C6H16N2O3S. The van der Waals surface area contributed by atoms with Gasteiger partial charge in [0, 0.05) is 20.2 Å². The van der Waals surface area contributed by atoms with E-state index in [0.29, 0.717) is 13.0 Å². The molecule has 0 aromatic carbocycles. The molecule has 0 saturated carbocycles. The van der Waals surface area contributed by atoms with Crippen LogP contribution in [0.4, 0.5) is 0 Å². The molecule has 0 aromatic heterocycles. The van der Waals surface area contributed by atoms with Crippen LogP contribution in [0, 0.1) is 0 Å². The molecule has 0 aliphatic rings. The van der Waals surface area contributed by atoms with Crippen molar-refractivity contribution in [2.24, 2.45) is 5.14 Å². The normalized spacial score (nSPS) is 12.3. The van der Waals surface area contributed by atoms with Crippen molar-refractivity contribution in [3.05, 3.63) is 0 Å². The van der Waals surface area contributed by atoms with Crippen molar-refractivity contribution in [3.63, 3.8) is 0 Å². The van der Waals surface area contributed by atoms with Crippen molar-refractivity contribution >= 4 is 10.2 Å². The van der Waals surface area contributed by atoms with Gasteiger partial charge in [-0.15, -0.1) is 0 Å². The van der Waals surface area contributed by atoms with E-state index in [0.717, 1.165) is 17.1 Å². The number of aliphatic hydroxyl groups is 1. The molecule has 0 heterocycles. The minimum atomic E-state index is -3.52. The number of hydrogen-bond donors (Lipinski definition) is 2. The third-order valence-corrected chi connectivity index (χ3v) is 2.62. The molecule has 0 unspecified atom stereocenters. The Balaban J connectivity index is 3.52. The van der Waals surface area contributed by atoms with Crippen molar-refractivity contribution in [1.82, 2.24) is 4.31 Å². The van der Waals surface area contributed by atoms with E-state index in [9.17, 15) is 8.42 Å². The Bertz CT molecular complexity index is 203. The van der Waals surface area contributed by atoms with Gasteiger partial charge in [-0.05, 0) is 19.3 Å². The van der Waals surface area contributed by atoms with Crippen LogP contribution in [0.5, 0.6) is 0 Å². The fourth-order valence-corrected chi connectivity index (χ4v) is 1.13. The average Bonchev–Trinajstić information content (AvgIpc) is 1.96. The van der Waals surface area contributed by atoms with Crippen LogP contribution in [-0.2, 0) is 10.2 Å². The lowest BCUT2D eigenvalue weighted by Gasteiger charge is -2.12. The van der Waals surface area contributed by atoms with E-state index >= 15 is 0 Å². The Kier molecular flexibility index (Phi) is 5.39. The molecule has 0 atom stereocenters. The van der Waals surface area contributed by atoms with Crippen molar-refractivity contribution in [2.75, 3.05) is 20.2 Å². The van der Waals surface area contributed by atoms with E-state index in [-0.39, 0.29) is 6.61 Å². The first-order valence-electron chi connectivity index (χ1n) is 3.83. The van der Waals surface area contributed by atoms with Crippen molar-refractivity contribution in [2.45, 2.75) is 19.3 Å². The lowest BCUT2D eigenvalue weighted by atomic mass is 10.2. The topological polar surface area (TPSA) is 83.6 Å². The minimum Gasteiger partial charge on any atom is -0.396 e. The first kappa shape index (κ1) is 11.8. The third kappa shape index (κ3) is 5.48. The van der Waals surface area contributed by atoms with Crippen LogP contribution in [0.2, 0.25) is 0 Å². The van der Waals surface area contributed by atoms with Crippen LogP contribution < -0.4 is 5.14 Å². The number of nitrogens with zero attached hydrogens (tertiary/aromatic N) is 1. The van der Waals surface area contributed by atoms with Crippen LogP contribution in [0.3, 0.4) is 0 Å². The van der Waals surface area contributed by atoms with Crippen molar-refractivity contribution in [3.8, 4) is 0 Å². The molecule has 0 radical (unpaired) electrons. The summed E-state index contributed by atoms with van der Waals surface area (Å²) in [6, 6.07) is 0. The Morgan fingerprint density at radius 2 is 1.92 bits per heavy atom. The summed E-state index contributed by atoms with van der Waals surface area (Å²) in [4.78, 5) is 0. The Morgan fingerprint density at radius 1 is 1.33 bits per heavy atom. The monoisotopic (exact) mass is 196 g/mol. The highest BCUT2D eigenvalue weighted by molar-refractivity contribution is 7.86. The van der Waals surface area contributed by atoms with Crippen LogP contribution in [0.1, 0.15) is 19.3 Å². The highest BCUT2D eigenvalue weighted by atomic mass is 32.2. The maximum absolute atomic E-state index is 10.6.